The van der Waals surface area contributed by atoms with Crippen LogP contribution >= 0.6 is 23.2 Å². The highest BCUT2D eigenvalue weighted by Gasteiger charge is 2.33. The van der Waals surface area contributed by atoms with Gasteiger partial charge >= 0.3 is 0 Å². The van der Waals surface area contributed by atoms with E-state index in [1.807, 2.05) is 0 Å². The van der Waals surface area contributed by atoms with Crippen molar-refractivity contribution in [1.82, 2.24) is 9.97 Å². The Morgan fingerprint density at radius 1 is 1.47 bits per heavy atom. The van der Waals surface area contributed by atoms with Crippen LogP contribution in [0.2, 0.25) is 10.3 Å². The van der Waals surface area contributed by atoms with Gasteiger partial charge in [0.15, 0.2) is 10.3 Å². The van der Waals surface area contributed by atoms with E-state index in [1.54, 1.807) is 6.92 Å². The molecule has 1 fully saturated rings. The van der Waals surface area contributed by atoms with Gasteiger partial charge in [-0.3, -0.25) is 4.79 Å². The number of azide groups is 1. The largest absolute Gasteiger partial charge is 0.307 e. The molecule has 2 heterocycles. The van der Waals surface area contributed by atoms with Gasteiger partial charge < -0.3 is 4.90 Å². The average Bonchev–Trinajstić information content (AvgIpc) is 2.67. The highest BCUT2D eigenvalue weighted by molar-refractivity contribution is 6.38. The van der Waals surface area contributed by atoms with Crippen molar-refractivity contribution in [2.45, 2.75) is 13.3 Å². The third-order valence-electron chi connectivity index (χ3n) is 2.79. The molecule has 0 bridgehead atoms. The van der Waals surface area contributed by atoms with Gasteiger partial charge in [0.2, 0.25) is 5.91 Å². The Bertz CT molecular complexity index is 548. The third kappa shape index (κ3) is 2.89. The number of amides is 1. The minimum Gasteiger partial charge on any atom is -0.307 e. The van der Waals surface area contributed by atoms with E-state index in [-0.39, 0.29) is 28.7 Å². The lowest BCUT2D eigenvalue weighted by atomic mass is 10.1. The summed E-state index contributed by atoms with van der Waals surface area (Å²) in [6.45, 7) is 2.32. The number of rotatable bonds is 3. The zero-order valence-corrected chi connectivity index (χ0v) is 11.6. The molecular formula is C10H10Cl2N6O. The molecule has 0 spiro atoms. The molecule has 1 aromatic heterocycles. The lowest BCUT2D eigenvalue weighted by Gasteiger charge is -2.18. The lowest BCUT2D eigenvalue weighted by Crippen LogP contribution is -2.26. The van der Waals surface area contributed by atoms with E-state index < -0.39 is 0 Å². The quantitative estimate of drug-likeness (QED) is 0.371. The summed E-state index contributed by atoms with van der Waals surface area (Å²) < 4.78 is 0. The Labute approximate surface area is 119 Å². The van der Waals surface area contributed by atoms with Crippen LogP contribution in [0.3, 0.4) is 0 Å². The first-order valence-corrected chi connectivity index (χ1v) is 6.29. The van der Waals surface area contributed by atoms with E-state index in [0.29, 0.717) is 24.5 Å². The van der Waals surface area contributed by atoms with Crippen molar-refractivity contribution in [3.8, 4) is 0 Å². The Balaban J connectivity index is 2.28. The van der Waals surface area contributed by atoms with E-state index in [0.717, 1.165) is 0 Å². The fraction of sp³-hybridized carbons (Fsp3) is 0.500. The summed E-state index contributed by atoms with van der Waals surface area (Å²) >= 11 is 12.0. The van der Waals surface area contributed by atoms with Crippen LogP contribution in [-0.2, 0) is 4.79 Å². The number of nitrogens with zero attached hydrogens (tertiary/aromatic N) is 6. The van der Waals surface area contributed by atoms with Crippen LogP contribution in [-0.4, -0.2) is 29.0 Å². The summed E-state index contributed by atoms with van der Waals surface area (Å²) in [6.07, 6.45) is 0.291. The highest BCUT2D eigenvalue weighted by atomic mass is 35.5. The summed E-state index contributed by atoms with van der Waals surface area (Å²) in [4.78, 5) is 24.1. The highest BCUT2D eigenvalue weighted by Crippen LogP contribution is 2.35. The molecule has 1 aliphatic rings. The summed E-state index contributed by atoms with van der Waals surface area (Å²) in [5.74, 6) is 0.266. The van der Waals surface area contributed by atoms with Gasteiger partial charge in [0.1, 0.15) is 11.5 Å². The van der Waals surface area contributed by atoms with Crippen LogP contribution in [0, 0.1) is 12.8 Å². The van der Waals surface area contributed by atoms with E-state index in [9.17, 15) is 4.79 Å². The van der Waals surface area contributed by atoms with E-state index >= 15 is 0 Å². The van der Waals surface area contributed by atoms with Crippen molar-refractivity contribution in [3.63, 3.8) is 0 Å². The molecule has 1 aliphatic heterocycles. The smallest absolute Gasteiger partial charge is 0.227 e. The van der Waals surface area contributed by atoms with Crippen molar-refractivity contribution < 1.29 is 4.79 Å². The molecule has 100 valence electrons. The first kappa shape index (κ1) is 13.9. The molecular weight excluding hydrogens is 291 g/mol. The Kier molecular flexibility index (Phi) is 4.09. The van der Waals surface area contributed by atoms with Crippen LogP contribution in [0.5, 0.6) is 0 Å². The molecule has 9 heteroatoms. The summed E-state index contributed by atoms with van der Waals surface area (Å²) in [7, 11) is 0. The molecule has 1 aromatic rings. The molecule has 0 saturated carbocycles. The topological polar surface area (TPSA) is 94.9 Å². The maximum Gasteiger partial charge on any atom is 0.227 e. The first-order valence-electron chi connectivity index (χ1n) is 5.53. The molecule has 1 atom stereocenters. The number of aromatic nitrogens is 2. The molecule has 1 saturated heterocycles. The number of carbonyl (C=O) groups excluding carboxylic acids is 1. The van der Waals surface area contributed by atoms with E-state index in [4.69, 9.17) is 28.7 Å². The van der Waals surface area contributed by atoms with Gasteiger partial charge in [-0.25, -0.2) is 9.97 Å². The van der Waals surface area contributed by atoms with Crippen molar-refractivity contribution >= 4 is 34.8 Å². The van der Waals surface area contributed by atoms with Crippen LogP contribution < -0.4 is 4.90 Å². The second-order valence-electron chi connectivity index (χ2n) is 4.19. The maximum atomic E-state index is 12.0. The van der Waals surface area contributed by atoms with Gasteiger partial charge in [0.25, 0.3) is 0 Å². The zero-order chi connectivity index (χ0) is 14.0. The number of anilines is 1. The fourth-order valence-corrected chi connectivity index (χ4v) is 2.67. The number of hydrogen-bond donors (Lipinski definition) is 0. The Morgan fingerprint density at radius 2 is 2.11 bits per heavy atom. The van der Waals surface area contributed by atoms with Gasteiger partial charge in [0, 0.05) is 24.4 Å². The predicted octanol–water partition coefficient (Wildman–Crippen LogP) is 2.76. The Hall–Kier alpha value is -1.56. The maximum absolute atomic E-state index is 12.0. The minimum absolute atomic E-state index is 0.0446. The number of carbonyl (C=O) groups is 1. The second kappa shape index (κ2) is 5.61. The number of halogens is 2. The van der Waals surface area contributed by atoms with Crippen molar-refractivity contribution in [2.24, 2.45) is 11.0 Å². The minimum atomic E-state index is -0.130. The average molecular weight is 301 g/mol. The van der Waals surface area contributed by atoms with Gasteiger partial charge in [-0.2, -0.15) is 0 Å². The van der Waals surface area contributed by atoms with Gasteiger partial charge in [-0.15, -0.1) is 0 Å². The normalized spacial score (nSPS) is 18.6. The van der Waals surface area contributed by atoms with E-state index in [2.05, 4.69) is 20.0 Å². The van der Waals surface area contributed by atoms with Crippen molar-refractivity contribution in [1.29, 1.82) is 0 Å². The third-order valence-corrected chi connectivity index (χ3v) is 3.32. The summed E-state index contributed by atoms with van der Waals surface area (Å²) in [6, 6.07) is 0. The standard InChI is InChI=1S/C10H10Cl2N6O/c1-5-15-9(11)8(10(12)16-5)18-4-6(2-7(18)19)3-14-17-13/h6H,2-4H2,1H3. The van der Waals surface area contributed by atoms with Crippen LogP contribution in [0.1, 0.15) is 12.2 Å². The lowest BCUT2D eigenvalue weighted by molar-refractivity contribution is -0.117. The predicted molar refractivity (Wildman–Crippen MR) is 71.3 cm³/mol. The molecule has 0 N–H and O–H groups in total. The van der Waals surface area contributed by atoms with Crippen molar-refractivity contribution in [2.75, 3.05) is 18.0 Å². The van der Waals surface area contributed by atoms with Crippen LogP contribution in [0.25, 0.3) is 10.4 Å². The van der Waals surface area contributed by atoms with Gasteiger partial charge in [-0.1, -0.05) is 28.3 Å². The SMILES string of the molecule is Cc1nc(Cl)c(N2CC(CN=[N+]=[N-])CC2=O)c(Cl)n1. The van der Waals surface area contributed by atoms with Gasteiger partial charge in [0.05, 0.1) is 0 Å². The molecule has 1 unspecified atom stereocenters. The first-order chi connectivity index (χ1) is 9.02. The van der Waals surface area contributed by atoms with Crippen LogP contribution in [0.15, 0.2) is 5.11 Å². The summed E-state index contributed by atoms with van der Waals surface area (Å²) in [5, 5.41) is 3.78. The molecule has 0 aromatic carbocycles. The number of hydrogen-bond acceptors (Lipinski definition) is 4. The molecule has 0 radical (unpaired) electrons. The number of aryl methyl sites for hydroxylation is 1. The molecule has 1 amide bonds. The monoisotopic (exact) mass is 300 g/mol. The zero-order valence-electron chi connectivity index (χ0n) is 10.0. The van der Waals surface area contributed by atoms with Crippen molar-refractivity contribution in [3.05, 3.63) is 26.6 Å². The van der Waals surface area contributed by atoms with E-state index in [1.165, 1.54) is 4.90 Å². The van der Waals surface area contributed by atoms with Crippen LogP contribution in [0.4, 0.5) is 5.69 Å². The molecule has 2 rings (SSSR count). The molecule has 0 aliphatic carbocycles. The molecule has 19 heavy (non-hydrogen) atoms. The second-order valence-corrected chi connectivity index (χ2v) is 4.91. The molecule has 7 nitrogen and oxygen atoms in total. The summed E-state index contributed by atoms with van der Waals surface area (Å²) in [5.41, 5.74) is 8.61. The fourth-order valence-electron chi connectivity index (χ4n) is 1.99. The Morgan fingerprint density at radius 3 is 2.68 bits per heavy atom. The van der Waals surface area contributed by atoms with Gasteiger partial charge in [-0.05, 0) is 18.4 Å².